The van der Waals surface area contributed by atoms with Gasteiger partial charge in [-0.05, 0) is 32.6 Å². The van der Waals surface area contributed by atoms with Gasteiger partial charge in [0, 0.05) is 13.1 Å². The van der Waals surface area contributed by atoms with Gasteiger partial charge in [0.25, 0.3) is 0 Å². The Morgan fingerprint density at radius 3 is 2.70 bits per heavy atom. The SMILES string of the molecule is CCn1nc(C)c([N+](=O)[O-])c1N(CC(=O)O)CC1CC1. The first-order valence-corrected chi connectivity index (χ1v) is 6.62. The molecular weight excluding hydrogens is 264 g/mol. The van der Waals surface area contributed by atoms with Gasteiger partial charge in [-0.1, -0.05) is 0 Å². The van der Waals surface area contributed by atoms with Crippen LogP contribution in [0.1, 0.15) is 25.5 Å². The van der Waals surface area contributed by atoms with Crippen LogP contribution in [0.15, 0.2) is 0 Å². The van der Waals surface area contributed by atoms with E-state index in [2.05, 4.69) is 5.10 Å². The Morgan fingerprint density at radius 2 is 2.25 bits per heavy atom. The van der Waals surface area contributed by atoms with Gasteiger partial charge >= 0.3 is 11.7 Å². The first kappa shape index (κ1) is 14.3. The number of aromatic nitrogens is 2. The molecule has 0 saturated heterocycles. The van der Waals surface area contributed by atoms with Crippen LogP contribution in [-0.2, 0) is 11.3 Å². The number of nitro groups is 1. The second kappa shape index (κ2) is 5.48. The third-order valence-corrected chi connectivity index (χ3v) is 3.35. The molecule has 0 unspecified atom stereocenters. The van der Waals surface area contributed by atoms with Gasteiger partial charge in [0.2, 0.25) is 5.82 Å². The van der Waals surface area contributed by atoms with E-state index in [9.17, 15) is 14.9 Å². The van der Waals surface area contributed by atoms with Gasteiger partial charge in [0.05, 0.1) is 4.92 Å². The highest BCUT2D eigenvalue weighted by Crippen LogP contribution is 2.36. The van der Waals surface area contributed by atoms with Crippen LogP contribution in [0.3, 0.4) is 0 Å². The molecule has 1 aliphatic carbocycles. The van der Waals surface area contributed by atoms with Crippen LogP contribution < -0.4 is 4.90 Å². The molecule has 0 spiro atoms. The molecule has 0 radical (unpaired) electrons. The van der Waals surface area contributed by atoms with Crippen molar-refractivity contribution in [3.05, 3.63) is 15.8 Å². The van der Waals surface area contributed by atoms with Crippen LogP contribution in [0, 0.1) is 23.0 Å². The molecule has 2 rings (SSSR count). The molecule has 0 bridgehead atoms. The number of hydrogen-bond acceptors (Lipinski definition) is 5. The van der Waals surface area contributed by atoms with E-state index in [4.69, 9.17) is 5.11 Å². The third-order valence-electron chi connectivity index (χ3n) is 3.35. The lowest BCUT2D eigenvalue weighted by atomic mass is 10.3. The van der Waals surface area contributed by atoms with E-state index in [0.717, 1.165) is 12.8 Å². The number of aryl methyl sites for hydroxylation is 2. The van der Waals surface area contributed by atoms with Crippen molar-refractivity contribution in [2.24, 2.45) is 5.92 Å². The molecule has 0 aliphatic heterocycles. The minimum absolute atomic E-state index is 0.0891. The fraction of sp³-hybridized carbons (Fsp3) is 0.667. The van der Waals surface area contributed by atoms with Crippen LogP contribution >= 0.6 is 0 Å². The maximum Gasteiger partial charge on any atom is 0.333 e. The van der Waals surface area contributed by atoms with E-state index in [1.165, 1.54) is 4.68 Å². The third kappa shape index (κ3) is 2.89. The van der Waals surface area contributed by atoms with Crippen LogP contribution in [0.25, 0.3) is 0 Å². The Balaban J connectivity index is 2.43. The lowest BCUT2D eigenvalue weighted by Gasteiger charge is -2.22. The number of carbonyl (C=O) groups is 1. The minimum atomic E-state index is -0.999. The summed E-state index contributed by atoms with van der Waals surface area (Å²) < 4.78 is 1.51. The summed E-state index contributed by atoms with van der Waals surface area (Å²) in [7, 11) is 0. The highest BCUT2D eigenvalue weighted by Gasteiger charge is 2.33. The van der Waals surface area contributed by atoms with Crippen LogP contribution in [0.4, 0.5) is 11.5 Å². The van der Waals surface area contributed by atoms with Crippen molar-refractivity contribution in [1.29, 1.82) is 0 Å². The highest BCUT2D eigenvalue weighted by atomic mass is 16.6. The summed E-state index contributed by atoms with van der Waals surface area (Å²) >= 11 is 0. The van der Waals surface area contributed by atoms with Crippen molar-refractivity contribution in [3.8, 4) is 0 Å². The number of aliphatic carboxylic acids is 1. The van der Waals surface area contributed by atoms with Gasteiger partial charge < -0.3 is 10.0 Å². The first-order chi connectivity index (χ1) is 9.43. The molecule has 1 aromatic heterocycles. The van der Waals surface area contributed by atoms with Crippen LogP contribution in [0.5, 0.6) is 0 Å². The molecule has 1 heterocycles. The van der Waals surface area contributed by atoms with Crippen molar-refractivity contribution in [3.63, 3.8) is 0 Å². The topological polar surface area (TPSA) is 101 Å². The van der Waals surface area contributed by atoms with Crippen LogP contribution in [-0.4, -0.2) is 38.9 Å². The summed E-state index contributed by atoms with van der Waals surface area (Å²) in [5.41, 5.74) is 0.229. The zero-order valence-corrected chi connectivity index (χ0v) is 11.6. The first-order valence-electron chi connectivity index (χ1n) is 6.62. The van der Waals surface area contributed by atoms with Crippen molar-refractivity contribution < 1.29 is 14.8 Å². The molecule has 0 atom stereocenters. The molecule has 110 valence electrons. The van der Waals surface area contributed by atoms with Gasteiger partial charge in [-0.2, -0.15) is 5.10 Å². The fourth-order valence-corrected chi connectivity index (χ4v) is 2.31. The average molecular weight is 282 g/mol. The molecule has 0 aromatic carbocycles. The second-order valence-corrected chi connectivity index (χ2v) is 5.05. The van der Waals surface area contributed by atoms with Crippen molar-refractivity contribution in [1.82, 2.24) is 9.78 Å². The van der Waals surface area contributed by atoms with E-state index in [1.54, 1.807) is 11.8 Å². The predicted molar refractivity (Wildman–Crippen MR) is 71.9 cm³/mol. The Hall–Kier alpha value is -2.12. The molecule has 20 heavy (non-hydrogen) atoms. The molecule has 0 amide bonds. The van der Waals surface area contributed by atoms with Gasteiger partial charge in [0.1, 0.15) is 12.2 Å². The van der Waals surface area contributed by atoms with Gasteiger partial charge in [0.15, 0.2) is 0 Å². The Morgan fingerprint density at radius 1 is 1.60 bits per heavy atom. The Kier molecular flexibility index (Phi) is 3.91. The summed E-state index contributed by atoms with van der Waals surface area (Å²) in [6, 6.07) is 0. The van der Waals surface area contributed by atoms with E-state index in [-0.39, 0.29) is 12.2 Å². The van der Waals surface area contributed by atoms with E-state index >= 15 is 0 Å². The number of anilines is 1. The quantitative estimate of drug-likeness (QED) is 0.599. The minimum Gasteiger partial charge on any atom is -0.480 e. The van der Waals surface area contributed by atoms with E-state index in [1.807, 2.05) is 6.92 Å². The normalized spacial score (nSPS) is 14.3. The zero-order chi connectivity index (χ0) is 14.9. The summed E-state index contributed by atoms with van der Waals surface area (Å²) in [4.78, 5) is 23.4. The highest BCUT2D eigenvalue weighted by molar-refractivity contribution is 5.75. The zero-order valence-electron chi connectivity index (χ0n) is 11.6. The number of carboxylic acid groups (broad SMARTS) is 1. The van der Waals surface area contributed by atoms with Gasteiger partial charge in [-0.15, -0.1) is 0 Å². The number of carboxylic acids is 1. The lowest BCUT2D eigenvalue weighted by Crippen LogP contribution is -2.33. The molecule has 1 N–H and O–H groups in total. The van der Waals surface area contributed by atoms with Gasteiger partial charge in [-0.3, -0.25) is 14.9 Å². The smallest absolute Gasteiger partial charge is 0.333 e. The van der Waals surface area contributed by atoms with E-state index < -0.39 is 10.9 Å². The standard InChI is InChI=1S/C12H18N4O4/c1-3-15-12(11(16(19)20)8(2)13-15)14(7-10(17)18)6-9-4-5-9/h9H,3-7H2,1-2H3,(H,17,18). The number of nitrogens with zero attached hydrogens (tertiary/aromatic N) is 4. The van der Waals surface area contributed by atoms with Crippen LogP contribution in [0.2, 0.25) is 0 Å². The molecule has 8 nitrogen and oxygen atoms in total. The maximum atomic E-state index is 11.2. The van der Waals surface area contributed by atoms with Gasteiger partial charge in [-0.25, -0.2) is 4.68 Å². The monoisotopic (exact) mass is 282 g/mol. The summed E-state index contributed by atoms with van der Waals surface area (Å²) in [5.74, 6) is -0.264. The molecular formula is C12H18N4O4. The Labute approximate surface area is 116 Å². The molecule has 1 fully saturated rings. The maximum absolute atomic E-state index is 11.2. The van der Waals surface area contributed by atoms with Crippen molar-refractivity contribution in [2.45, 2.75) is 33.2 Å². The van der Waals surface area contributed by atoms with Crippen molar-refractivity contribution in [2.75, 3.05) is 18.0 Å². The second-order valence-electron chi connectivity index (χ2n) is 5.05. The summed E-state index contributed by atoms with van der Waals surface area (Å²) in [6.45, 7) is 4.14. The lowest BCUT2D eigenvalue weighted by molar-refractivity contribution is -0.384. The number of hydrogen-bond donors (Lipinski definition) is 1. The molecule has 1 aromatic rings. The molecule has 8 heteroatoms. The average Bonchev–Trinajstić information content (AvgIpc) is 3.08. The van der Waals surface area contributed by atoms with E-state index in [0.29, 0.717) is 30.5 Å². The summed E-state index contributed by atoms with van der Waals surface area (Å²) in [5, 5.41) is 24.4. The number of rotatable bonds is 7. The fourth-order valence-electron chi connectivity index (χ4n) is 2.31. The largest absolute Gasteiger partial charge is 0.480 e. The Bertz CT molecular complexity index is 536. The summed E-state index contributed by atoms with van der Waals surface area (Å²) in [6.07, 6.45) is 2.09. The predicted octanol–water partition coefficient (Wildman–Crippen LogP) is 1.42. The van der Waals surface area contributed by atoms with Crippen molar-refractivity contribution >= 4 is 17.5 Å². The molecule has 1 aliphatic rings. The molecule has 1 saturated carbocycles.